The number of hydrogen-bond donors (Lipinski definition) is 1. The van der Waals surface area contributed by atoms with Gasteiger partial charge >= 0.3 is 0 Å². The first-order chi connectivity index (χ1) is 20.4. The van der Waals surface area contributed by atoms with Gasteiger partial charge in [0.2, 0.25) is 0 Å². The lowest BCUT2D eigenvalue weighted by Gasteiger charge is -2.51. The number of fused-ring (bicyclic) bond motifs is 1. The average Bonchev–Trinajstić information content (AvgIpc) is 3.32. The van der Waals surface area contributed by atoms with Crippen molar-refractivity contribution < 1.29 is 23.4 Å². The molecule has 2 fully saturated rings. The van der Waals surface area contributed by atoms with Gasteiger partial charge in [0.05, 0.1) is 36.4 Å². The van der Waals surface area contributed by atoms with E-state index in [1.165, 1.54) is 6.07 Å². The van der Waals surface area contributed by atoms with E-state index in [4.69, 9.17) is 9.47 Å². The van der Waals surface area contributed by atoms with Crippen LogP contribution < -0.4 is 9.64 Å². The van der Waals surface area contributed by atoms with Crippen LogP contribution in [-0.4, -0.2) is 111 Å². The van der Waals surface area contributed by atoms with Gasteiger partial charge in [0.25, 0.3) is 0 Å². The molecule has 7 nitrogen and oxygen atoms in total. The largest absolute Gasteiger partial charge is 0.495 e. The van der Waals surface area contributed by atoms with E-state index in [9.17, 15) is 13.9 Å². The van der Waals surface area contributed by atoms with Gasteiger partial charge in [-0.3, -0.25) is 9.80 Å². The third-order valence-corrected chi connectivity index (χ3v) is 10.0. The minimum atomic E-state index is -0.557. The highest BCUT2D eigenvalue weighted by atomic mass is 19.1. The molecule has 2 aliphatic heterocycles. The number of piperazine rings is 2. The summed E-state index contributed by atoms with van der Waals surface area (Å²) < 4.78 is 40.4. The van der Waals surface area contributed by atoms with E-state index in [0.29, 0.717) is 19.3 Å². The highest BCUT2D eigenvalue weighted by molar-refractivity contribution is 5.58. The van der Waals surface area contributed by atoms with E-state index in [1.807, 2.05) is 18.2 Å². The molecule has 2 aromatic carbocycles. The Hall–Kier alpha value is -2.56. The quantitative estimate of drug-likeness (QED) is 0.507. The Labute approximate surface area is 248 Å². The maximum Gasteiger partial charge on any atom is 0.142 e. The Bertz CT molecular complexity index is 1260. The number of para-hydroxylation sites is 2. The smallest absolute Gasteiger partial charge is 0.142 e. The highest BCUT2D eigenvalue weighted by Gasteiger charge is 2.46. The summed E-state index contributed by atoms with van der Waals surface area (Å²) in [5.74, 6) is 0.665. The summed E-state index contributed by atoms with van der Waals surface area (Å²) in [5, 5.41) is 10.9. The van der Waals surface area contributed by atoms with Crippen LogP contribution in [0.2, 0.25) is 0 Å². The Balaban J connectivity index is 1.07. The number of halogens is 2. The average molecular weight is 583 g/mol. The van der Waals surface area contributed by atoms with Crippen LogP contribution in [0.1, 0.15) is 30.1 Å². The fourth-order valence-electron chi connectivity index (χ4n) is 7.61. The second kappa shape index (κ2) is 12.6. The molecule has 228 valence electrons. The van der Waals surface area contributed by atoms with Crippen LogP contribution in [-0.2, 0) is 11.2 Å². The first-order valence-electron chi connectivity index (χ1n) is 15.3. The van der Waals surface area contributed by atoms with Gasteiger partial charge in [0.15, 0.2) is 0 Å². The molecule has 0 spiro atoms. The number of rotatable bonds is 8. The van der Waals surface area contributed by atoms with E-state index in [1.54, 1.807) is 32.4 Å². The molecular formula is C33H44F2N4O3. The highest BCUT2D eigenvalue weighted by Crippen LogP contribution is 2.39. The van der Waals surface area contributed by atoms with Gasteiger partial charge in [0.1, 0.15) is 11.6 Å². The molecule has 42 heavy (non-hydrogen) atoms. The second-order valence-electron chi connectivity index (χ2n) is 12.4. The molecule has 0 aromatic heterocycles. The molecule has 6 rings (SSSR count). The number of ether oxygens (including phenoxy) is 2. The van der Waals surface area contributed by atoms with E-state index in [0.717, 1.165) is 88.0 Å². The van der Waals surface area contributed by atoms with Crippen molar-refractivity contribution in [1.82, 2.24) is 14.7 Å². The molecule has 2 aliphatic carbocycles. The maximum atomic E-state index is 14.8. The van der Waals surface area contributed by atoms with Crippen LogP contribution in [0.25, 0.3) is 0 Å². The van der Waals surface area contributed by atoms with Crippen LogP contribution >= 0.6 is 0 Å². The van der Waals surface area contributed by atoms with Crippen molar-refractivity contribution in [2.45, 2.75) is 37.0 Å². The standard InChI is InChI=1S/C33H44F2N4O3/c1-41-30-6-4-3-5-29(30)38-15-13-37(14-16-38)23-33(42-2)10-9-27(35)21-31(33)39-17-11-36(12-18-39)22-25-19-24-20-26(34)7-8-28(24)32(25)40/h3-8,20-21,25,31-32,40H,9-19,22-23H2,1-2H3. The van der Waals surface area contributed by atoms with Crippen LogP contribution in [0.3, 0.4) is 0 Å². The Morgan fingerprint density at radius 3 is 2.40 bits per heavy atom. The Morgan fingerprint density at radius 2 is 1.67 bits per heavy atom. The summed E-state index contributed by atoms with van der Waals surface area (Å²) in [6.07, 6.45) is 3.01. The minimum Gasteiger partial charge on any atom is -0.495 e. The number of methoxy groups -OCH3 is 2. The van der Waals surface area contributed by atoms with Gasteiger partial charge in [-0.1, -0.05) is 18.2 Å². The summed E-state index contributed by atoms with van der Waals surface area (Å²) in [6.45, 7) is 8.46. The van der Waals surface area contributed by atoms with Gasteiger partial charge in [-0.2, -0.15) is 0 Å². The number of benzene rings is 2. The molecule has 4 atom stereocenters. The normalized spacial score (nSPS) is 29.4. The van der Waals surface area contributed by atoms with Crippen molar-refractivity contribution in [3.63, 3.8) is 0 Å². The number of allylic oxidation sites excluding steroid dienone is 1. The van der Waals surface area contributed by atoms with Crippen molar-refractivity contribution in [1.29, 1.82) is 0 Å². The molecule has 4 aliphatic rings. The Morgan fingerprint density at radius 1 is 0.929 bits per heavy atom. The first kappa shape index (κ1) is 29.5. The van der Waals surface area contributed by atoms with Gasteiger partial charge in [-0.15, -0.1) is 0 Å². The van der Waals surface area contributed by atoms with Crippen LogP contribution in [0.5, 0.6) is 5.75 Å². The summed E-state index contributed by atoms with van der Waals surface area (Å²) in [7, 11) is 3.50. The third-order valence-electron chi connectivity index (χ3n) is 10.0. The lowest BCUT2D eigenvalue weighted by molar-refractivity contribution is -0.100. The molecule has 2 aromatic rings. The van der Waals surface area contributed by atoms with Crippen molar-refractivity contribution in [2.24, 2.45) is 5.92 Å². The molecule has 0 radical (unpaired) electrons. The zero-order valence-corrected chi connectivity index (χ0v) is 24.9. The van der Waals surface area contributed by atoms with Crippen molar-refractivity contribution >= 4 is 5.69 Å². The summed E-state index contributed by atoms with van der Waals surface area (Å²) >= 11 is 0. The molecule has 0 bridgehead atoms. The van der Waals surface area contributed by atoms with E-state index >= 15 is 0 Å². The zero-order chi connectivity index (χ0) is 29.3. The van der Waals surface area contributed by atoms with Gasteiger partial charge in [0, 0.05) is 84.9 Å². The number of anilines is 1. The van der Waals surface area contributed by atoms with Crippen LogP contribution in [0, 0.1) is 11.7 Å². The predicted octanol–water partition coefficient (Wildman–Crippen LogP) is 3.88. The van der Waals surface area contributed by atoms with E-state index in [-0.39, 0.29) is 23.6 Å². The fraction of sp³-hybridized carbons (Fsp3) is 0.576. The monoisotopic (exact) mass is 582 g/mol. The van der Waals surface area contributed by atoms with Crippen molar-refractivity contribution in [3.05, 3.63) is 71.3 Å². The van der Waals surface area contributed by atoms with Crippen molar-refractivity contribution in [2.75, 3.05) is 84.6 Å². The zero-order valence-electron chi connectivity index (χ0n) is 24.9. The number of hydrogen-bond acceptors (Lipinski definition) is 7. The van der Waals surface area contributed by atoms with Crippen LogP contribution in [0.15, 0.2) is 54.4 Å². The molecule has 2 heterocycles. The minimum absolute atomic E-state index is 0.0461. The summed E-state index contributed by atoms with van der Waals surface area (Å²) in [6, 6.07) is 12.7. The Kier molecular flexibility index (Phi) is 8.84. The number of aliphatic hydroxyl groups is 1. The SMILES string of the molecule is COc1ccccc1N1CCN(CC2(OC)CCC(F)=CC2N2CCN(CC3Cc4cc(F)ccc4C3O)CC2)CC1. The van der Waals surface area contributed by atoms with E-state index < -0.39 is 11.7 Å². The lowest BCUT2D eigenvalue weighted by Crippen LogP contribution is -2.64. The van der Waals surface area contributed by atoms with Crippen LogP contribution in [0.4, 0.5) is 14.5 Å². The first-order valence-corrected chi connectivity index (χ1v) is 15.3. The van der Waals surface area contributed by atoms with Crippen molar-refractivity contribution in [3.8, 4) is 5.75 Å². The maximum absolute atomic E-state index is 14.8. The van der Waals surface area contributed by atoms with E-state index in [2.05, 4.69) is 25.7 Å². The number of aliphatic hydroxyl groups excluding tert-OH is 1. The molecule has 0 amide bonds. The molecule has 2 saturated heterocycles. The number of nitrogens with zero attached hydrogens (tertiary/aromatic N) is 4. The molecule has 9 heteroatoms. The fourth-order valence-corrected chi connectivity index (χ4v) is 7.61. The second-order valence-corrected chi connectivity index (χ2v) is 12.4. The summed E-state index contributed by atoms with van der Waals surface area (Å²) in [4.78, 5) is 9.63. The van der Waals surface area contributed by atoms with Gasteiger partial charge in [-0.05, 0) is 54.3 Å². The lowest BCUT2D eigenvalue weighted by atomic mass is 9.81. The molecule has 1 N–H and O–H groups in total. The molecule has 0 saturated carbocycles. The topological polar surface area (TPSA) is 51.7 Å². The van der Waals surface area contributed by atoms with Gasteiger partial charge < -0.3 is 24.4 Å². The molecule has 4 unspecified atom stereocenters. The third kappa shape index (κ3) is 5.95. The van der Waals surface area contributed by atoms with Gasteiger partial charge in [-0.25, -0.2) is 8.78 Å². The summed E-state index contributed by atoms with van der Waals surface area (Å²) in [5.41, 5.74) is 2.43. The predicted molar refractivity (Wildman–Crippen MR) is 160 cm³/mol. The molecular weight excluding hydrogens is 538 g/mol.